The Hall–Kier alpha value is -3.69. The van der Waals surface area contributed by atoms with Crippen molar-refractivity contribution in [3.63, 3.8) is 0 Å². The highest BCUT2D eigenvalue weighted by Crippen LogP contribution is 2.15. The highest BCUT2D eigenvalue weighted by Gasteiger charge is 2.32. The number of ketones is 1. The molecule has 30 heavy (non-hydrogen) atoms. The molecule has 2 unspecified atom stereocenters. The molecule has 0 spiro atoms. The Balaban J connectivity index is 1.65. The maximum atomic E-state index is 12.8. The molecule has 10 nitrogen and oxygen atoms in total. The van der Waals surface area contributed by atoms with Crippen molar-refractivity contribution >= 4 is 23.7 Å². The molecule has 1 fully saturated rings. The second kappa shape index (κ2) is 10.2. The predicted octanol–water partition coefficient (Wildman–Crippen LogP) is 0.996. The molecule has 2 heterocycles. The predicted molar refractivity (Wildman–Crippen MR) is 103 cm³/mol. The number of Topliss-reactive ketones (excluding diaryl/α,β-unsaturated/α-hetero) is 1. The van der Waals surface area contributed by atoms with Crippen molar-refractivity contribution in [3.05, 3.63) is 53.9 Å². The molecular formula is C20H22N4O6. The fourth-order valence-corrected chi connectivity index (χ4v) is 2.98. The first-order chi connectivity index (χ1) is 14.5. The molecule has 3 N–H and O–H groups in total. The molecule has 1 saturated heterocycles. The van der Waals surface area contributed by atoms with Gasteiger partial charge in [0, 0.05) is 12.1 Å². The van der Waals surface area contributed by atoms with Crippen LogP contribution < -0.4 is 16.0 Å². The second-order valence-corrected chi connectivity index (χ2v) is 6.77. The van der Waals surface area contributed by atoms with E-state index < -0.39 is 35.8 Å². The first-order valence-corrected chi connectivity index (χ1v) is 9.53. The van der Waals surface area contributed by atoms with Crippen LogP contribution in [0.2, 0.25) is 0 Å². The average molecular weight is 414 g/mol. The molecule has 1 aliphatic heterocycles. The van der Waals surface area contributed by atoms with Crippen molar-refractivity contribution in [3.8, 4) is 0 Å². The number of hydrogen-bond acceptors (Lipinski definition) is 7. The van der Waals surface area contributed by atoms with Crippen molar-refractivity contribution in [1.82, 2.24) is 21.1 Å². The summed E-state index contributed by atoms with van der Waals surface area (Å²) in [6, 6.07) is 6.86. The molecule has 10 heteroatoms. The van der Waals surface area contributed by atoms with Gasteiger partial charge in [-0.3, -0.25) is 14.4 Å². The van der Waals surface area contributed by atoms with Crippen LogP contribution >= 0.6 is 0 Å². The van der Waals surface area contributed by atoms with Gasteiger partial charge in [-0.25, -0.2) is 4.79 Å². The minimum Gasteiger partial charge on any atom is -0.445 e. The average Bonchev–Trinajstić information content (AvgIpc) is 3.28. The number of aromatic nitrogens is 1. The maximum Gasteiger partial charge on any atom is 0.408 e. The molecule has 0 saturated carbocycles. The third kappa shape index (κ3) is 5.66. The number of carbonyl (C=O) groups is 4. The van der Waals surface area contributed by atoms with Crippen molar-refractivity contribution in [2.24, 2.45) is 0 Å². The molecular weight excluding hydrogens is 392 g/mol. The Morgan fingerprint density at radius 3 is 2.77 bits per heavy atom. The van der Waals surface area contributed by atoms with E-state index in [1.807, 2.05) is 18.2 Å². The third-order valence-corrected chi connectivity index (χ3v) is 4.58. The zero-order valence-electron chi connectivity index (χ0n) is 16.1. The van der Waals surface area contributed by atoms with E-state index in [0.717, 1.165) is 5.56 Å². The Bertz CT molecular complexity index is 884. The lowest BCUT2D eigenvalue weighted by Gasteiger charge is -2.23. The number of alkyl carbamates (subject to hydrolysis) is 1. The van der Waals surface area contributed by atoms with Crippen LogP contribution in [0.15, 0.2) is 47.3 Å². The van der Waals surface area contributed by atoms with Gasteiger partial charge in [0.15, 0.2) is 0 Å². The number of nitrogens with one attached hydrogen (secondary N) is 3. The van der Waals surface area contributed by atoms with Crippen molar-refractivity contribution in [1.29, 1.82) is 0 Å². The van der Waals surface area contributed by atoms with Crippen LogP contribution in [0.25, 0.3) is 0 Å². The molecule has 0 aliphatic carbocycles. The minimum absolute atomic E-state index is 0.0198. The van der Waals surface area contributed by atoms with Gasteiger partial charge in [0.25, 0.3) is 5.91 Å². The van der Waals surface area contributed by atoms with Crippen LogP contribution in [0, 0.1) is 0 Å². The van der Waals surface area contributed by atoms with E-state index in [2.05, 4.69) is 21.1 Å². The normalized spacial score (nSPS) is 17.8. The number of nitrogens with zero attached hydrogens (tertiary/aromatic N) is 1. The summed E-state index contributed by atoms with van der Waals surface area (Å²) in [5.74, 6) is -2.14. The Labute approximate surface area is 172 Å². The number of hydrogen-bond donors (Lipinski definition) is 3. The second-order valence-electron chi connectivity index (χ2n) is 6.77. The van der Waals surface area contributed by atoms with Gasteiger partial charge in [0.2, 0.25) is 11.7 Å². The number of benzene rings is 1. The molecule has 0 bridgehead atoms. The van der Waals surface area contributed by atoms with E-state index in [4.69, 9.17) is 9.26 Å². The zero-order chi connectivity index (χ0) is 21.3. The summed E-state index contributed by atoms with van der Waals surface area (Å²) in [7, 11) is 0. The van der Waals surface area contributed by atoms with Crippen molar-refractivity contribution < 1.29 is 28.4 Å². The molecule has 3 rings (SSSR count). The Morgan fingerprint density at radius 1 is 1.23 bits per heavy atom. The minimum atomic E-state index is -1.21. The van der Waals surface area contributed by atoms with Crippen LogP contribution in [0.3, 0.4) is 0 Å². The summed E-state index contributed by atoms with van der Waals surface area (Å²) in [6.07, 6.45) is 3.32. The van der Waals surface area contributed by atoms with E-state index in [0.29, 0.717) is 25.8 Å². The molecule has 158 valence electrons. The van der Waals surface area contributed by atoms with Crippen LogP contribution in [-0.4, -0.2) is 41.4 Å². The number of ether oxygens (including phenoxy) is 1. The highest BCUT2D eigenvalue weighted by molar-refractivity contribution is 6.38. The molecule has 1 aromatic heterocycles. The Kier molecular flexibility index (Phi) is 7.14. The summed E-state index contributed by atoms with van der Waals surface area (Å²) in [5, 5.41) is 11.0. The molecule has 1 aliphatic rings. The van der Waals surface area contributed by atoms with Crippen molar-refractivity contribution in [2.75, 3.05) is 6.54 Å². The van der Waals surface area contributed by atoms with Crippen LogP contribution in [0.1, 0.15) is 36.4 Å². The van der Waals surface area contributed by atoms with E-state index in [9.17, 15) is 19.2 Å². The lowest BCUT2D eigenvalue weighted by molar-refractivity contribution is -0.140. The first-order valence-electron chi connectivity index (χ1n) is 9.53. The fourth-order valence-electron chi connectivity index (χ4n) is 2.98. The number of amides is 3. The number of rotatable bonds is 6. The molecule has 2 aromatic rings. The summed E-state index contributed by atoms with van der Waals surface area (Å²) in [5.41, 5.74) is 1.05. The SMILES string of the molecule is O=C(NC(C(=O)NC1CCCCNC(=O)C1=O)c1cnoc1)OCc1ccccc1. The molecule has 2 atom stereocenters. The van der Waals surface area contributed by atoms with Gasteiger partial charge in [-0.2, -0.15) is 0 Å². The highest BCUT2D eigenvalue weighted by atomic mass is 16.5. The van der Waals surface area contributed by atoms with E-state index >= 15 is 0 Å². The Morgan fingerprint density at radius 2 is 2.03 bits per heavy atom. The van der Waals surface area contributed by atoms with Gasteiger partial charge in [0.1, 0.15) is 18.9 Å². The monoisotopic (exact) mass is 414 g/mol. The quantitative estimate of drug-likeness (QED) is 0.599. The maximum absolute atomic E-state index is 12.8. The van der Waals surface area contributed by atoms with Crippen molar-refractivity contribution in [2.45, 2.75) is 38.0 Å². The van der Waals surface area contributed by atoms with Crippen LogP contribution in [0.5, 0.6) is 0 Å². The number of carbonyl (C=O) groups excluding carboxylic acids is 4. The topological polar surface area (TPSA) is 140 Å². The zero-order valence-corrected chi connectivity index (χ0v) is 16.1. The van der Waals surface area contributed by atoms with Gasteiger partial charge in [-0.15, -0.1) is 0 Å². The summed E-state index contributed by atoms with van der Waals surface area (Å²) >= 11 is 0. The summed E-state index contributed by atoms with van der Waals surface area (Å²) in [6.45, 7) is 0.440. The van der Waals surface area contributed by atoms with Gasteiger partial charge in [-0.1, -0.05) is 35.5 Å². The fraction of sp³-hybridized carbons (Fsp3) is 0.350. The lowest BCUT2D eigenvalue weighted by Crippen LogP contribution is -2.51. The van der Waals surface area contributed by atoms with Gasteiger partial charge in [0.05, 0.1) is 12.2 Å². The van der Waals surface area contributed by atoms with E-state index in [-0.39, 0.29) is 12.2 Å². The van der Waals surface area contributed by atoms with Gasteiger partial charge < -0.3 is 25.2 Å². The molecule has 1 aromatic carbocycles. The summed E-state index contributed by atoms with van der Waals surface area (Å²) < 4.78 is 9.93. The molecule has 3 amide bonds. The van der Waals surface area contributed by atoms with Gasteiger partial charge in [-0.05, 0) is 24.8 Å². The lowest BCUT2D eigenvalue weighted by atomic mass is 10.0. The first kappa shape index (κ1) is 21.0. The van der Waals surface area contributed by atoms with E-state index in [1.165, 1.54) is 12.5 Å². The summed E-state index contributed by atoms with van der Waals surface area (Å²) in [4.78, 5) is 49.2. The van der Waals surface area contributed by atoms with Gasteiger partial charge >= 0.3 is 6.09 Å². The third-order valence-electron chi connectivity index (χ3n) is 4.58. The van der Waals surface area contributed by atoms with Crippen LogP contribution in [-0.2, 0) is 25.7 Å². The van der Waals surface area contributed by atoms with Crippen LogP contribution in [0.4, 0.5) is 4.79 Å². The smallest absolute Gasteiger partial charge is 0.408 e. The van der Waals surface area contributed by atoms with E-state index in [1.54, 1.807) is 12.1 Å². The molecule has 0 radical (unpaired) electrons. The standard InChI is InChI=1S/C20H22N4O6/c25-17-15(8-4-5-9-21-19(17)27)23-18(26)16(14-10-22-30-12-14)24-20(28)29-11-13-6-2-1-3-7-13/h1-3,6-7,10,12,15-16H,4-5,8-9,11H2,(H,21,27)(H,23,26)(H,24,28). The largest absolute Gasteiger partial charge is 0.445 e.